The first-order valence-corrected chi connectivity index (χ1v) is 7.76. The summed E-state index contributed by atoms with van der Waals surface area (Å²) in [7, 11) is 0. The van der Waals surface area contributed by atoms with Crippen molar-refractivity contribution in [3.05, 3.63) is 17.8 Å². The van der Waals surface area contributed by atoms with Crippen molar-refractivity contribution in [1.82, 2.24) is 9.88 Å². The summed E-state index contributed by atoms with van der Waals surface area (Å²) in [5.74, 6) is 0.264. The van der Waals surface area contributed by atoms with E-state index in [2.05, 4.69) is 4.98 Å². The van der Waals surface area contributed by atoms with Crippen LogP contribution in [0.25, 0.3) is 0 Å². The molecule has 0 radical (unpaired) electrons. The third kappa shape index (κ3) is 3.87. The van der Waals surface area contributed by atoms with Crippen molar-refractivity contribution < 1.29 is 19.1 Å². The number of rotatable bonds is 4. The fraction of sp³-hybridized carbons (Fsp3) is 0.688. The lowest BCUT2D eigenvalue weighted by molar-refractivity contribution is -0.152. The van der Waals surface area contributed by atoms with Gasteiger partial charge in [0.25, 0.3) is 0 Å². The SMILES string of the molecule is CC(C)(C)c1cnc(CCC(=O)N2CCCCC2C(=O)O)o1. The first-order valence-electron chi connectivity index (χ1n) is 7.76. The number of aryl methyl sites for hydroxylation is 1. The maximum atomic E-state index is 12.3. The van der Waals surface area contributed by atoms with Gasteiger partial charge in [0.15, 0.2) is 5.89 Å². The largest absolute Gasteiger partial charge is 0.480 e. The molecule has 6 heteroatoms. The summed E-state index contributed by atoms with van der Waals surface area (Å²) in [6.45, 7) is 6.63. The highest BCUT2D eigenvalue weighted by atomic mass is 16.4. The fourth-order valence-corrected chi connectivity index (χ4v) is 2.62. The van der Waals surface area contributed by atoms with Crippen LogP contribution in [0.3, 0.4) is 0 Å². The van der Waals surface area contributed by atoms with Crippen molar-refractivity contribution in [2.24, 2.45) is 0 Å². The number of carbonyl (C=O) groups is 2. The molecule has 6 nitrogen and oxygen atoms in total. The van der Waals surface area contributed by atoms with Crippen molar-refractivity contribution in [2.45, 2.75) is 64.3 Å². The Morgan fingerprint density at radius 2 is 2.14 bits per heavy atom. The number of oxazole rings is 1. The fourth-order valence-electron chi connectivity index (χ4n) is 2.62. The van der Waals surface area contributed by atoms with E-state index in [4.69, 9.17) is 4.42 Å². The molecule has 1 aromatic heterocycles. The van der Waals surface area contributed by atoms with E-state index < -0.39 is 12.0 Å². The summed E-state index contributed by atoms with van der Waals surface area (Å²) < 4.78 is 5.66. The molecule has 2 rings (SSSR count). The minimum atomic E-state index is -0.917. The summed E-state index contributed by atoms with van der Waals surface area (Å²) in [4.78, 5) is 29.2. The van der Waals surface area contributed by atoms with Gasteiger partial charge in [0.1, 0.15) is 11.8 Å². The Labute approximate surface area is 130 Å². The first kappa shape index (κ1) is 16.5. The maximum Gasteiger partial charge on any atom is 0.326 e. The van der Waals surface area contributed by atoms with Crippen LogP contribution in [-0.4, -0.2) is 39.5 Å². The molecule has 1 unspecified atom stereocenters. The number of piperidine rings is 1. The van der Waals surface area contributed by atoms with Crippen LogP contribution in [0, 0.1) is 0 Å². The maximum absolute atomic E-state index is 12.3. The van der Waals surface area contributed by atoms with E-state index in [1.807, 2.05) is 20.8 Å². The van der Waals surface area contributed by atoms with Gasteiger partial charge in [-0.1, -0.05) is 20.8 Å². The van der Waals surface area contributed by atoms with Crippen LogP contribution in [-0.2, 0) is 21.4 Å². The van der Waals surface area contributed by atoms with E-state index in [-0.39, 0.29) is 17.7 Å². The predicted octanol–water partition coefficient (Wildman–Crippen LogP) is 2.37. The van der Waals surface area contributed by atoms with Crippen LogP contribution in [0.1, 0.15) is 58.1 Å². The minimum Gasteiger partial charge on any atom is -0.480 e. The van der Waals surface area contributed by atoms with E-state index >= 15 is 0 Å². The third-order valence-electron chi connectivity index (χ3n) is 3.95. The molecule has 22 heavy (non-hydrogen) atoms. The van der Waals surface area contributed by atoms with Gasteiger partial charge in [-0.3, -0.25) is 4.79 Å². The second kappa shape index (κ2) is 6.50. The number of carbonyl (C=O) groups excluding carboxylic acids is 1. The standard InChI is InChI=1S/C16H24N2O4/c1-16(2,3)12-10-17-13(22-12)7-8-14(19)18-9-5-4-6-11(18)15(20)21/h10-11H,4-9H2,1-3H3,(H,20,21). The highest BCUT2D eigenvalue weighted by molar-refractivity contribution is 5.83. The van der Waals surface area contributed by atoms with Crippen molar-refractivity contribution in [3.63, 3.8) is 0 Å². The molecular formula is C16H24N2O4. The molecule has 1 fully saturated rings. The van der Waals surface area contributed by atoms with E-state index in [9.17, 15) is 14.7 Å². The van der Waals surface area contributed by atoms with Gasteiger partial charge in [-0.15, -0.1) is 0 Å². The van der Waals surface area contributed by atoms with Gasteiger partial charge in [0.2, 0.25) is 5.91 Å². The zero-order valence-electron chi connectivity index (χ0n) is 13.5. The smallest absolute Gasteiger partial charge is 0.326 e. The molecular weight excluding hydrogens is 284 g/mol. The first-order chi connectivity index (χ1) is 10.3. The van der Waals surface area contributed by atoms with Gasteiger partial charge in [-0.25, -0.2) is 9.78 Å². The van der Waals surface area contributed by atoms with Gasteiger partial charge < -0.3 is 14.4 Å². The zero-order valence-corrected chi connectivity index (χ0v) is 13.5. The molecule has 0 bridgehead atoms. The predicted molar refractivity (Wildman–Crippen MR) is 80.5 cm³/mol. The number of aromatic nitrogens is 1. The Balaban J connectivity index is 1.94. The molecule has 1 amide bonds. The molecule has 0 aliphatic carbocycles. The molecule has 2 heterocycles. The Bertz CT molecular complexity index is 545. The van der Waals surface area contributed by atoms with Crippen LogP contribution >= 0.6 is 0 Å². The normalized spacial score (nSPS) is 19.2. The lowest BCUT2D eigenvalue weighted by Crippen LogP contribution is -2.48. The Morgan fingerprint density at radius 3 is 2.73 bits per heavy atom. The summed E-state index contributed by atoms with van der Waals surface area (Å²) in [5.41, 5.74) is -0.115. The number of amides is 1. The average Bonchev–Trinajstić information content (AvgIpc) is 2.93. The monoisotopic (exact) mass is 308 g/mol. The number of likely N-dealkylation sites (tertiary alicyclic amines) is 1. The number of nitrogens with zero attached hydrogens (tertiary/aromatic N) is 2. The van der Waals surface area contributed by atoms with Crippen LogP contribution in [0.4, 0.5) is 0 Å². The van der Waals surface area contributed by atoms with Gasteiger partial charge in [0, 0.05) is 24.8 Å². The molecule has 1 atom stereocenters. The lowest BCUT2D eigenvalue weighted by atomic mass is 9.94. The molecule has 1 N–H and O–H groups in total. The van der Waals surface area contributed by atoms with Crippen molar-refractivity contribution in [2.75, 3.05) is 6.54 Å². The number of aliphatic carboxylic acids is 1. The molecule has 122 valence electrons. The molecule has 0 saturated carbocycles. The number of hydrogen-bond donors (Lipinski definition) is 1. The topological polar surface area (TPSA) is 83.6 Å². The van der Waals surface area contributed by atoms with E-state index in [1.165, 1.54) is 4.90 Å². The highest BCUT2D eigenvalue weighted by Gasteiger charge is 2.31. The Kier molecular flexibility index (Phi) is 4.88. The van der Waals surface area contributed by atoms with Gasteiger partial charge in [0.05, 0.1) is 6.20 Å². The van der Waals surface area contributed by atoms with E-state index in [0.717, 1.165) is 18.6 Å². The lowest BCUT2D eigenvalue weighted by Gasteiger charge is -2.32. The number of carboxylic acids is 1. The average molecular weight is 308 g/mol. The second-order valence-electron chi connectivity index (χ2n) is 6.81. The highest BCUT2D eigenvalue weighted by Crippen LogP contribution is 2.23. The van der Waals surface area contributed by atoms with E-state index in [0.29, 0.717) is 25.3 Å². The van der Waals surface area contributed by atoms with Gasteiger partial charge in [-0.05, 0) is 19.3 Å². The van der Waals surface area contributed by atoms with E-state index in [1.54, 1.807) is 6.20 Å². The van der Waals surface area contributed by atoms with Crippen molar-refractivity contribution in [1.29, 1.82) is 0 Å². The van der Waals surface area contributed by atoms with Crippen LogP contribution < -0.4 is 0 Å². The molecule has 0 aromatic carbocycles. The molecule has 1 saturated heterocycles. The third-order valence-corrected chi connectivity index (χ3v) is 3.95. The Hall–Kier alpha value is -1.85. The van der Waals surface area contributed by atoms with Gasteiger partial charge in [-0.2, -0.15) is 0 Å². The van der Waals surface area contributed by atoms with Crippen LogP contribution in [0.2, 0.25) is 0 Å². The summed E-state index contributed by atoms with van der Waals surface area (Å²) >= 11 is 0. The molecule has 1 aromatic rings. The van der Waals surface area contributed by atoms with Gasteiger partial charge >= 0.3 is 5.97 Å². The molecule has 0 spiro atoms. The second-order valence-corrected chi connectivity index (χ2v) is 6.81. The van der Waals surface area contributed by atoms with Crippen LogP contribution in [0.5, 0.6) is 0 Å². The summed E-state index contributed by atoms with van der Waals surface area (Å²) in [6, 6.07) is -0.684. The quantitative estimate of drug-likeness (QED) is 0.923. The summed E-state index contributed by atoms with van der Waals surface area (Å²) in [5, 5.41) is 9.21. The molecule has 1 aliphatic rings. The zero-order chi connectivity index (χ0) is 16.3. The van der Waals surface area contributed by atoms with Crippen LogP contribution in [0.15, 0.2) is 10.6 Å². The summed E-state index contributed by atoms with van der Waals surface area (Å²) in [6.07, 6.45) is 4.58. The minimum absolute atomic E-state index is 0.115. The Morgan fingerprint density at radius 1 is 1.41 bits per heavy atom. The number of carboxylic acid groups (broad SMARTS) is 1. The van der Waals surface area contributed by atoms with Crippen molar-refractivity contribution in [3.8, 4) is 0 Å². The molecule has 1 aliphatic heterocycles. The van der Waals surface area contributed by atoms with Crippen molar-refractivity contribution >= 4 is 11.9 Å². The number of hydrogen-bond acceptors (Lipinski definition) is 4.